The van der Waals surface area contributed by atoms with Gasteiger partial charge in [0.2, 0.25) is 17.6 Å². The van der Waals surface area contributed by atoms with Crippen molar-refractivity contribution in [1.29, 1.82) is 0 Å². The van der Waals surface area contributed by atoms with E-state index in [0.29, 0.717) is 23.1 Å². The van der Waals surface area contributed by atoms with Crippen LogP contribution in [0.1, 0.15) is 44.2 Å². The molecule has 1 saturated heterocycles. The summed E-state index contributed by atoms with van der Waals surface area (Å²) < 4.78 is 11.0. The summed E-state index contributed by atoms with van der Waals surface area (Å²) in [5.74, 6) is 1.75. The summed E-state index contributed by atoms with van der Waals surface area (Å²) in [6, 6.07) is 11.6. The van der Waals surface area contributed by atoms with Crippen molar-refractivity contribution < 1.29 is 19.1 Å². The Bertz CT molecular complexity index is 1130. The number of hydrogen-bond donors (Lipinski definition) is 0. The molecule has 2 amide bonds. The first kappa shape index (κ1) is 18.1. The molecule has 154 valence electrons. The predicted molar refractivity (Wildman–Crippen MR) is 115 cm³/mol. The number of carbonyl (C=O) groups excluding carboxylic acids is 2. The molecule has 30 heavy (non-hydrogen) atoms. The van der Waals surface area contributed by atoms with Crippen LogP contribution in [0.25, 0.3) is 0 Å². The van der Waals surface area contributed by atoms with Gasteiger partial charge in [-0.1, -0.05) is 25.1 Å². The Hall–Kier alpha value is -2.67. The fraction of sp³-hybridized carbons (Fsp3) is 0.391. The first-order valence-corrected chi connectivity index (χ1v) is 11.2. The number of para-hydroxylation sites is 1. The van der Waals surface area contributed by atoms with Crippen LogP contribution in [-0.4, -0.2) is 29.9 Å². The van der Waals surface area contributed by atoms with Gasteiger partial charge in [0.25, 0.3) is 5.91 Å². The Morgan fingerprint density at radius 2 is 1.87 bits per heavy atom. The second kappa shape index (κ2) is 5.72. The van der Waals surface area contributed by atoms with E-state index in [2.05, 4.69) is 26.8 Å². The largest absolute Gasteiger partial charge is 0.454 e. The molecule has 4 aliphatic heterocycles. The lowest BCUT2D eigenvalue weighted by molar-refractivity contribution is -0.124. The van der Waals surface area contributed by atoms with Crippen molar-refractivity contribution in [3.8, 4) is 11.5 Å². The van der Waals surface area contributed by atoms with E-state index in [4.69, 9.17) is 9.47 Å². The van der Waals surface area contributed by atoms with Gasteiger partial charge < -0.3 is 14.4 Å². The van der Waals surface area contributed by atoms with E-state index < -0.39 is 4.87 Å². The zero-order valence-corrected chi connectivity index (χ0v) is 17.9. The van der Waals surface area contributed by atoms with Gasteiger partial charge in [0.15, 0.2) is 11.5 Å². The van der Waals surface area contributed by atoms with E-state index >= 15 is 0 Å². The van der Waals surface area contributed by atoms with Crippen LogP contribution in [0.3, 0.4) is 0 Å². The summed E-state index contributed by atoms with van der Waals surface area (Å²) in [5, 5.41) is 0. The monoisotopic (exact) mass is 422 g/mol. The smallest absolute Gasteiger partial charge is 0.269 e. The van der Waals surface area contributed by atoms with E-state index in [1.54, 1.807) is 17.0 Å². The molecular formula is C23H22N2O4S. The van der Waals surface area contributed by atoms with E-state index in [0.717, 1.165) is 17.7 Å². The number of thioether (sulfide) groups is 1. The minimum atomic E-state index is -1.09. The number of carbonyl (C=O) groups is 2. The van der Waals surface area contributed by atoms with Gasteiger partial charge in [-0.2, -0.15) is 0 Å². The molecule has 2 aromatic carbocycles. The molecule has 0 aromatic heterocycles. The molecule has 0 saturated carbocycles. The summed E-state index contributed by atoms with van der Waals surface area (Å²) in [6.45, 7) is 6.61. The normalized spacial score (nSPS) is 27.9. The van der Waals surface area contributed by atoms with Crippen LogP contribution >= 0.6 is 11.8 Å². The SMILES string of the molecule is C[C@@H]1CC(C)(C)N2C(=O)[C@]3(SCC(=O)N3c3ccc4c(c3)OCO4)c3cccc1c32. The number of hydrogen-bond acceptors (Lipinski definition) is 5. The molecule has 0 N–H and O–H groups in total. The number of nitrogens with zero attached hydrogens (tertiary/aromatic N) is 2. The molecule has 4 aliphatic rings. The molecule has 0 radical (unpaired) electrons. The molecule has 2 aromatic rings. The van der Waals surface area contributed by atoms with Gasteiger partial charge in [-0.05, 0) is 43.9 Å². The molecule has 1 fully saturated rings. The van der Waals surface area contributed by atoms with Gasteiger partial charge in [-0.3, -0.25) is 14.5 Å². The van der Waals surface area contributed by atoms with E-state index in [1.807, 2.05) is 23.1 Å². The van der Waals surface area contributed by atoms with Crippen LogP contribution in [0.2, 0.25) is 0 Å². The number of fused-ring (bicyclic) bond motifs is 2. The van der Waals surface area contributed by atoms with Crippen LogP contribution in [0.5, 0.6) is 11.5 Å². The van der Waals surface area contributed by atoms with E-state index in [-0.39, 0.29) is 29.9 Å². The Morgan fingerprint density at radius 1 is 1.07 bits per heavy atom. The zero-order chi connectivity index (χ0) is 20.8. The third kappa shape index (κ3) is 2.06. The van der Waals surface area contributed by atoms with Crippen LogP contribution in [0, 0.1) is 0 Å². The molecular weight excluding hydrogens is 400 g/mol. The number of rotatable bonds is 1. The fourth-order valence-electron chi connectivity index (χ4n) is 5.56. The molecule has 7 heteroatoms. The molecule has 0 bridgehead atoms. The molecule has 4 heterocycles. The summed E-state index contributed by atoms with van der Waals surface area (Å²) in [6.07, 6.45) is 0.883. The number of benzene rings is 2. The highest BCUT2D eigenvalue weighted by Crippen LogP contribution is 2.61. The van der Waals surface area contributed by atoms with Crippen LogP contribution in [0.4, 0.5) is 11.4 Å². The maximum atomic E-state index is 14.1. The maximum absolute atomic E-state index is 14.1. The number of ether oxygens (including phenoxy) is 2. The van der Waals surface area contributed by atoms with E-state index in [1.165, 1.54) is 17.3 Å². The van der Waals surface area contributed by atoms with Gasteiger partial charge in [0.1, 0.15) is 0 Å². The van der Waals surface area contributed by atoms with Crippen molar-refractivity contribution in [2.75, 3.05) is 22.3 Å². The van der Waals surface area contributed by atoms with Gasteiger partial charge in [0, 0.05) is 22.9 Å². The third-order valence-corrected chi connectivity index (χ3v) is 8.06. The van der Waals surface area contributed by atoms with Gasteiger partial charge >= 0.3 is 0 Å². The maximum Gasteiger partial charge on any atom is 0.269 e. The second-order valence-electron chi connectivity index (χ2n) is 9.00. The Morgan fingerprint density at radius 3 is 2.70 bits per heavy atom. The lowest BCUT2D eigenvalue weighted by atomic mass is 9.80. The van der Waals surface area contributed by atoms with Crippen molar-refractivity contribution in [2.24, 2.45) is 0 Å². The van der Waals surface area contributed by atoms with Crippen molar-refractivity contribution in [3.63, 3.8) is 0 Å². The summed E-state index contributed by atoms with van der Waals surface area (Å²) in [4.78, 5) is 29.9. The summed E-state index contributed by atoms with van der Waals surface area (Å²) in [7, 11) is 0. The molecule has 1 spiro atoms. The molecule has 0 unspecified atom stereocenters. The average molecular weight is 423 g/mol. The highest BCUT2D eigenvalue weighted by Gasteiger charge is 2.64. The molecule has 6 rings (SSSR count). The zero-order valence-electron chi connectivity index (χ0n) is 17.1. The highest BCUT2D eigenvalue weighted by atomic mass is 32.2. The fourth-order valence-corrected chi connectivity index (χ4v) is 6.89. The molecule has 0 aliphatic carbocycles. The predicted octanol–water partition coefficient (Wildman–Crippen LogP) is 3.98. The first-order valence-electron chi connectivity index (χ1n) is 10.2. The highest BCUT2D eigenvalue weighted by molar-refractivity contribution is 8.02. The minimum Gasteiger partial charge on any atom is -0.454 e. The van der Waals surface area contributed by atoms with Crippen molar-refractivity contribution in [1.82, 2.24) is 0 Å². The van der Waals surface area contributed by atoms with Crippen LogP contribution in [0.15, 0.2) is 36.4 Å². The Labute approximate surface area is 179 Å². The van der Waals surface area contributed by atoms with Gasteiger partial charge in [-0.25, -0.2) is 0 Å². The summed E-state index contributed by atoms with van der Waals surface area (Å²) in [5.41, 5.74) is 3.42. The third-order valence-electron chi connectivity index (χ3n) is 6.67. The minimum absolute atomic E-state index is 0.0321. The van der Waals surface area contributed by atoms with Crippen molar-refractivity contribution >= 4 is 35.0 Å². The second-order valence-corrected chi connectivity index (χ2v) is 10.2. The summed E-state index contributed by atoms with van der Waals surface area (Å²) >= 11 is 1.42. The van der Waals surface area contributed by atoms with Crippen molar-refractivity contribution in [2.45, 2.75) is 43.5 Å². The van der Waals surface area contributed by atoms with Crippen LogP contribution in [-0.2, 0) is 14.5 Å². The first-order chi connectivity index (χ1) is 14.3. The Kier molecular flexibility index (Phi) is 3.46. The lowest BCUT2D eigenvalue weighted by Crippen LogP contribution is -2.56. The quantitative estimate of drug-likeness (QED) is 0.696. The van der Waals surface area contributed by atoms with Crippen molar-refractivity contribution in [3.05, 3.63) is 47.5 Å². The topological polar surface area (TPSA) is 59.1 Å². The van der Waals surface area contributed by atoms with Crippen LogP contribution < -0.4 is 19.3 Å². The van der Waals surface area contributed by atoms with Gasteiger partial charge in [-0.15, -0.1) is 11.8 Å². The van der Waals surface area contributed by atoms with Gasteiger partial charge in [0.05, 0.1) is 11.4 Å². The standard InChI is InChI=1S/C23H22N2O4S/c1-13-10-22(2,3)25-20-15(13)5-4-6-16(20)23(21(25)27)24(19(26)11-30-23)14-7-8-17-18(9-14)29-12-28-17/h4-9,13H,10-12H2,1-3H3/t13-,23-/m1/s1. The molecule has 6 nitrogen and oxygen atoms in total. The lowest BCUT2D eigenvalue weighted by Gasteiger charge is -2.44. The van der Waals surface area contributed by atoms with E-state index in [9.17, 15) is 9.59 Å². The Balaban J connectivity index is 1.59. The number of anilines is 2. The molecule has 2 atom stereocenters. The average Bonchev–Trinajstić information content (AvgIpc) is 3.37. The number of amides is 2.